The first kappa shape index (κ1) is 23.2. The Morgan fingerprint density at radius 1 is 0.875 bits per heavy atom. The van der Waals surface area contributed by atoms with E-state index in [9.17, 15) is 4.79 Å². The number of carbonyl (C=O) groups excluding carboxylic acids is 1. The number of aliphatic hydroxyl groups is 1. The highest BCUT2D eigenvalue weighted by Gasteiger charge is 2.05. The molecule has 0 saturated carbocycles. The van der Waals surface area contributed by atoms with Crippen LogP contribution < -0.4 is 5.32 Å². The van der Waals surface area contributed by atoms with Gasteiger partial charge in [-0.1, -0.05) is 70.4 Å². The normalized spacial score (nSPS) is 12.6. The second-order valence-corrected chi connectivity index (χ2v) is 6.99. The lowest BCUT2D eigenvalue weighted by molar-refractivity contribution is -0.122. The molecule has 0 fully saturated rings. The molecule has 0 aromatic carbocycles. The highest BCUT2D eigenvalue weighted by atomic mass is 16.3. The van der Waals surface area contributed by atoms with E-state index in [1.54, 1.807) is 0 Å². The van der Waals surface area contributed by atoms with E-state index < -0.39 is 0 Å². The number of aliphatic hydroxyl groups excluding tert-OH is 1. The molecule has 0 saturated heterocycles. The first-order chi connectivity index (χ1) is 11.7. The zero-order valence-corrected chi connectivity index (χ0v) is 16.2. The molecule has 0 aliphatic carbocycles. The molecule has 0 aromatic rings. The van der Waals surface area contributed by atoms with Crippen LogP contribution in [-0.4, -0.2) is 23.7 Å². The van der Waals surface area contributed by atoms with E-state index in [-0.39, 0.29) is 18.6 Å². The summed E-state index contributed by atoms with van der Waals surface area (Å²) >= 11 is 0. The Balaban J connectivity index is 3.22. The first-order valence-corrected chi connectivity index (χ1v) is 10.3. The van der Waals surface area contributed by atoms with Crippen LogP contribution in [0.15, 0.2) is 12.2 Å². The molecular formula is C21H41NO2. The SMILES string of the molecule is CCCCCCCC/C=C/CCCCCCCC(=O)N[C@H](C)CO. The molecule has 0 radical (unpaired) electrons. The molecule has 2 N–H and O–H groups in total. The Kier molecular flexibility index (Phi) is 17.9. The highest BCUT2D eigenvalue weighted by Crippen LogP contribution is 2.09. The van der Waals surface area contributed by atoms with Gasteiger partial charge in [0.1, 0.15) is 0 Å². The van der Waals surface area contributed by atoms with E-state index in [0.29, 0.717) is 6.42 Å². The van der Waals surface area contributed by atoms with Crippen molar-refractivity contribution in [1.29, 1.82) is 0 Å². The maximum Gasteiger partial charge on any atom is 0.220 e. The molecule has 0 heterocycles. The molecule has 0 aromatic heterocycles. The molecule has 142 valence electrons. The molecule has 0 bridgehead atoms. The summed E-state index contributed by atoms with van der Waals surface area (Å²) in [5.41, 5.74) is 0. The topological polar surface area (TPSA) is 49.3 Å². The van der Waals surface area contributed by atoms with Crippen molar-refractivity contribution >= 4 is 5.91 Å². The molecule has 3 heteroatoms. The highest BCUT2D eigenvalue weighted by molar-refractivity contribution is 5.76. The number of hydrogen-bond acceptors (Lipinski definition) is 2. The van der Waals surface area contributed by atoms with Crippen LogP contribution in [-0.2, 0) is 4.79 Å². The zero-order chi connectivity index (χ0) is 17.9. The number of amides is 1. The molecule has 1 atom stereocenters. The van der Waals surface area contributed by atoms with Crippen molar-refractivity contribution in [1.82, 2.24) is 5.32 Å². The van der Waals surface area contributed by atoms with Gasteiger partial charge < -0.3 is 10.4 Å². The predicted octanol–water partition coefficient (Wildman–Crippen LogP) is 5.52. The molecule has 0 rings (SSSR count). The zero-order valence-electron chi connectivity index (χ0n) is 16.2. The van der Waals surface area contributed by atoms with Gasteiger partial charge in [0, 0.05) is 12.5 Å². The van der Waals surface area contributed by atoms with Crippen molar-refractivity contribution in [2.24, 2.45) is 0 Å². The molecule has 24 heavy (non-hydrogen) atoms. The lowest BCUT2D eigenvalue weighted by Gasteiger charge is -2.10. The van der Waals surface area contributed by atoms with Gasteiger partial charge in [0.15, 0.2) is 0 Å². The minimum absolute atomic E-state index is 0.0120. The molecule has 0 spiro atoms. The fourth-order valence-corrected chi connectivity index (χ4v) is 2.75. The summed E-state index contributed by atoms with van der Waals surface area (Å²) in [6, 6.07) is -0.124. The van der Waals surface area contributed by atoms with Crippen molar-refractivity contribution in [2.45, 2.75) is 110 Å². The number of allylic oxidation sites excluding steroid dienone is 2. The molecule has 3 nitrogen and oxygen atoms in total. The largest absolute Gasteiger partial charge is 0.394 e. The van der Waals surface area contributed by atoms with E-state index in [1.807, 2.05) is 6.92 Å². The smallest absolute Gasteiger partial charge is 0.220 e. The standard InChI is InChI=1S/C21H41NO2/c1-3-4-5-6-7-8-9-10-11-12-13-14-15-16-17-18-21(24)22-20(2)19-23/h10-11,20,23H,3-9,12-19H2,1-2H3,(H,22,24)/b11-10+/t20-/m1/s1. The lowest BCUT2D eigenvalue weighted by Crippen LogP contribution is -2.34. The minimum Gasteiger partial charge on any atom is -0.394 e. The summed E-state index contributed by atoms with van der Waals surface area (Å²) in [6.45, 7) is 4.09. The van der Waals surface area contributed by atoms with Crippen molar-refractivity contribution in [3.05, 3.63) is 12.2 Å². The molecular weight excluding hydrogens is 298 g/mol. The minimum atomic E-state index is -0.124. The van der Waals surface area contributed by atoms with Gasteiger partial charge in [-0.2, -0.15) is 0 Å². The fourth-order valence-electron chi connectivity index (χ4n) is 2.75. The third kappa shape index (κ3) is 17.5. The summed E-state index contributed by atoms with van der Waals surface area (Å²) in [6.07, 6.45) is 21.8. The van der Waals surface area contributed by atoms with Crippen molar-refractivity contribution in [3.8, 4) is 0 Å². The van der Waals surface area contributed by atoms with Crippen molar-refractivity contribution < 1.29 is 9.90 Å². The monoisotopic (exact) mass is 339 g/mol. The maximum atomic E-state index is 11.5. The Morgan fingerprint density at radius 3 is 1.92 bits per heavy atom. The van der Waals surface area contributed by atoms with E-state index in [2.05, 4.69) is 24.4 Å². The van der Waals surface area contributed by atoms with Crippen molar-refractivity contribution in [2.75, 3.05) is 6.61 Å². The second-order valence-electron chi connectivity index (χ2n) is 6.99. The number of unbranched alkanes of at least 4 members (excludes halogenated alkanes) is 11. The van der Waals surface area contributed by atoms with Gasteiger partial charge in [0.2, 0.25) is 5.91 Å². The summed E-state index contributed by atoms with van der Waals surface area (Å²) in [5.74, 6) is 0.0641. The Morgan fingerprint density at radius 2 is 1.38 bits per heavy atom. The van der Waals surface area contributed by atoms with Crippen LogP contribution in [0.1, 0.15) is 104 Å². The second kappa shape index (κ2) is 18.5. The predicted molar refractivity (Wildman–Crippen MR) is 104 cm³/mol. The summed E-state index contributed by atoms with van der Waals surface area (Å²) in [4.78, 5) is 11.5. The third-order valence-electron chi connectivity index (χ3n) is 4.35. The van der Waals surface area contributed by atoms with Gasteiger partial charge in [0.05, 0.1) is 6.61 Å². The van der Waals surface area contributed by atoms with Gasteiger partial charge in [-0.25, -0.2) is 0 Å². The van der Waals surface area contributed by atoms with Crippen molar-refractivity contribution in [3.63, 3.8) is 0 Å². The van der Waals surface area contributed by atoms with E-state index >= 15 is 0 Å². The van der Waals surface area contributed by atoms with Crippen LogP contribution in [0.3, 0.4) is 0 Å². The average molecular weight is 340 g/mol. The first-order valence-electron chi connectivity index (χ1n) is 10.3. The Bertz CT molecular complexity index is 302. The molecule has 0 aliphatic rings. The van der Waals surface area contributed by atoms with Crippen LogP contribution >= 0.6 is 0 Å². The number of hydrogen-bond donors (Lipinski definition) is 2. The van der Waals surface area contributed by atoms with Gasteiger partial charge >= 0.3 is 0 Å². The fraction of sp³-hybridized carbons (Fsp3) is 0.857. The summed E-state index contributed by atoms with van der Waals surface area (Å²) in [5, 5.41) is 11.6. The van der Waals surface area contributed by atoms with E-state index in [4.69, 9.17) is 5.11 Å². The van der Waals surface area contributed by atoms with Gasteiger partial charge in [-0.05, 0) is 39.0 Å². The van der Waals surface area contributed by atoms with Crippen LogP contribution in [0.5, 0.6) is 0 Å². The summed E-state index contributed by atoms with van der Waals surface area (Å²) in [7, 11) is 0. The quantitative estimate of drug-likeness (QED) is 0.271. The van der Waals surface area contributed by atoms with Gasteiger partial charge in [0.25, 0.3) is 0 Å². The number of rotatable bonds is 17. The Hall–Kier alpha value is -0.830. The van der Waals surface area contributed by atoms with Gasteiger partial charge in [-0.3, -0.25) is 4.79 Å². The Labute approximate surface area is 150 Å². The third-order valence-corrected chi connectivity index (χ3v) is 4.35. The number of nitrogens with one attached hydrogen (secondary N) is 1. The lowest BCUT2D eigenvalue weighted by atomic mass is 10.1. The molecule has 1 amide bonds. The van der Waals surface area contributed by atoms with Crippen LogP contribution in [0.2, 0.25) is 0 Å². The van der Waals surface area contributed by atoms with E-state index in [1.165, 1.54) is 70.6 Å². The van der Waals surface area contributed by atoms with Crippen LogP contribution in [0.25, 0.3) is 0 Å². The van der Waals surface area contributed by atoms with E-state index in [0.717, 1.165) is 12.8 Å². The summed E-state index contributed by atoms with van der Waals surface area (Å²) < 4.78 is 0. The number of carbonyl (C=O) groups is 1. The molecule has 0 aliphatic heterocycles. The maximum absolute atomic E-state index is 11.5. The van der Waals surface area contributed by atoms with Gasteiger partial charge in [-0.15, -0.1) is 0 Å². The van der Waals surface area contributed by atoms with Crippen LogP contribution in [0.4, 0.5) is 0 Å². The average Bonchev–Trinajstić information content (AvgIpc) is 2.58. The van der Waals surface area contributed by atoms with Crippen LogP contribution in [0, 0.1) is 0 Å². The molecule has 0 unspecified atom stereocenters.